The van der Waals surface area contributed by atoms with Crippen molar-refractivity contribution in [3.63, 3.8) is 0 Å². The first-order valence-corrected chi connectivity index (χ1v) is 14.2. The average Bonchev–Trinajstić information content (AvgIpc) is 2.96. The third kappa shape index (κ3) is 8.35. The quantitative estimate of drug-likeness (QED) is 0.253. The summed E-state index contributed by atoms with van der Waals surface area (Å²) < 4.78 is 11.0. The Hall–Kier alpha value is -3.78. The van der Waals surface area contributed by atoms with Gasteiger partial charge in [0.25, 0.3) is 0 Å². The molecule has 1 saturated heterocycles. The van der Waals surface area contributed by atoms with Crippen molar-refractivity contribution in [3.05, 3.63) is 84.4 Å². The van der Waals surface area contributed by atoms with Gasteiger partial charge in [-0.2, -0.15) is 0 Å². The van der Waals surface area contributed by atoms with Crippen molar-refractivity contribution in [3.8, 4) is 11.5 Å². The van der Waals surface area contributed by atoms with Crippen molar-refractivity contribution in [2.24, 2.45) is 4.99 Å². The fraction of sp³-hybridized carbons (Fsp3) is 0.323. The van der Waals surface area contributed by atoms with Gasteiger partial charge in [-0.25, -0.2) is 4.99 Å². The van der Waals surface area contributed by atoms with E-state index in [1.54, 1.807) is 12.0 Å². The molecule has 2 amide bonds. The van der Waals surface area contributed by atoms with E-state index in [0.717, 1.165) is 29.9 Å². The fourth-order valence-electron chi connectivity index (χ4n) is 4.11. The monoisotopic (exact) mass is 545 g/mol. The van der Waals surface area contributed by atoms with Crippen LogP contribution in [0.4, 0.5) is 11.4 Å². The predicted molar refractivity (Wildman–Crippen MR) is 158 cm³/mol. The number of hydrogen-bond donors (Lipinski definition) is 1. The second-order valence-electron chi connectivity index (χ2n) is 9.29. The van der Waals surface area contributed by atoms with Gasteiger partial charge in [-0.05, 0) is 60.5 Å². The van der Waals surface area contributed by atoms with Gasteiger partial charge in [0.2, 0.25) is 11.8 Å². The molecule has 1 fully saturated rings. The molecule has 0 saturated carbocycles. The molecule has 0 aliphatic carbocycles. The zero-order chi connectivity index (χ0) is 27.5. The number of amides is 2. The van der Waals surface area contributed by atoms with Crippen LogP contribution in [0.1, 0.15) is 44.6 Å². The lowest BCUT2D eigenvalue weighted by Crippen LogP contribution is -2.44. The van der Waals surface area contributed by atoms with Gasteiger partial charge in [-0.1, -0.05) is 68.3 Å². The van der Waals surface area contributed by atoms with Crippen LogP contribution in [0.15, 0.2) is 83.9 Å². The number of ether oxygens (including phenoxy) is 2. The molecule has 1 N–H and O–H groups in total. The van der Waals surface area contributed by atoms with Gasteiger partial charge >= 0.3 is 0 Å². The molecule has 0 radical (unpaired) electrons. The summed E-state index contributed by atoms with van der Waals surface area (Å²) in [6.45, 7) is 3.25. The Morgan fingerprint density at radius 2 is 1.69 bits per heavy atom. The van der Waals surface area contributed by atoms with Crippen LogP contribution in [0.25, 0.3) is 0 Å². The molecule has 8 heteroatoms. The first kappa shape index (κ1) is 28.2. The van der Waals surface area contributed by atoms with Gasteiger partial charge in [0, 0.05) is 12.1 Å². The summed E-state index contributed by atoms with van der Waals surface area (Å²) in [4.78, 5) is 32.9. The number of methoxy groups -OCH3 is 1. The lowest BCUT2D eigenvalue weighted by molar-refractivity contribution is -0.129. The van der Waals surface area contributed by atoms with E-state index in [1.807, 2.05) is 78.9 Å². The van der Waals surface area contributed by atoms with Gasteiger partial charge in [0.1, 0.15) is 16.7 Å². The molecule has 1 aliphatic heterocycles. The Morgan fingerprint density at radius 1 is 0.974 bits per heavy atom. The number of unbranched alkanes of at least 4 members (excludes halogenated alkanes) is 3. The van der Waals surface area contributed by atoms with Gasteiger partial charge in [0.05, 0.1) is 25.9 Å². The highest BCUT2D eigenvalue weighted by Gasteiger charge is 2.36. The zero-order valence-corrected chi connectivity index (χ0v) is 23.3. The maximum Gasteiger partial charge on any atom is 0.238 e. The number of amidine groups is 1. The maximum absolute atomic E-state index is 13.3. The second kappa shape index (κ2) is 14.4. The van der Waals surface area contributed by atoms with Crippen LogP contribution in [0.3, 0.4) is 0 Å². The number of hydrogen-bond acceptors (Lipinski definition) is 6. The number of rotatable bonds is 12. The molecule has 7 nitrogen and oxygen atoms in total. The smallest absolute Gasteiger partial charge is 0.238 e. The first-order valence-electron chi connectivity index (χ1n) is 13.3. The van der Waals surface area contributed by atoms with Crippen molar-refractivity contribution < 1.29 is 19.1 Å². The molecule has 1 heterocycles. The summed E-state index contributed by atoms with van der Waals surface area (Å²) >= 11 is 1.30. The Morgan fingerprint density at radius 3 is 2.38 bits per heavy atom. The van der Waals surface area contributed by atoms with E-state index in [9.17, 15) is 9.59 Å². The van der Waals surface area contributed by atoms with Crippen molar-refractivity contribution in [2.45, 2.75) is 50.8 Å². The van der Waals surface area contributed by atoms with E-state index >= 15 is 0 Å². The fourth-order valence-corrected chi connectivity index (χ4v) is 5.20. The number of benzene rings is 3. The Balaban J connectivity index is 1.44. The Bertz CT molecular complexity index is 1250. The van der Waals surface area contributed by atoms with Crippen molar-refractivity contribution in [1.82, 2.24) is 4.90 Å². The largest absolute Gasteiger partial charge is 0.497 e. The summed E-state index contributed by atoms with van der Waals surface area (Å²) in [5, 5.41) is 2.84. The van der Waals surface area contributed by atoms with Gasteiger partial charge in [0.15, 0.2) is 5.17 Å². The summed E-state index contributed by atoms with van der Waals surface area (Å²) in [6.07, 6.45) is 4.69. The lowest BCUT2D eigenvalue weighted by atomic mass is 10.2. The van der Waals surface area contributed by atoms with E-state index in [0.29, 0.717) is 29.7 Å². The minimum Gasteiger partial charge on any atom is -0.497 e. The Kier molecular flexibility index (Phi) is 10.4. The first-order chi connectivity index (χ1) is 19.1. The molecule has 204 valence electrons. The van der Waals surface area contributed by atoms with Crippen molar-refractivity contribution in [2.75, 3.05) is 19.0 Å². The van der Waals surface area contributed by atoms with Crippen LogP contribution >= 0.6 is 11.8 Å². The molecule has 4 rings (SSSR count). The molecule has 1 aliphatic rings. The predicted octanol–water partition coefficient (Wildman–Crippen LogP) is 6.81. The van der Waals surface area contributed by atoms with E-state index in [-0.39, 0.29) is 18.2 Å². The molecule has 3 aromatic carbocycles. The molecule has 0 aromatic heterocycles. The van der Waals surface area contributed by atoms with E-state index in [2.05, 4.69) is 12.2 Å². The molecule has 0 bridgehead atoms. The summed E-state index contributed by atoms with van der Waals surface area (Å²) in [5.74, 6) is 1.12. The molecule has 1 unspecified atom stereocenters. The molecule has 3 aromatic rings. The topological polar surface area (TPSA) is 80.2 Å². The molecule has 39 heavy (non-hydrogen) atoms. The normalized spacial score (nSPS) is 16.3. The average molecular weight is 546 g/mol. The standard InChI is InChI=1S/C31H35N3O4S/c1-3-4-5-9-20-38-27-18-14-24(15-19-27)32-30(36)28-21-29(35)34(22-23-10-7-6-8-11-23)31(39-28)33-25-12-16-26(37-2)17-13-25/h6-8,10-19,28H,3-5,9,20-22H2,1-2H3,(H,32,36). The highest BCUT2D eigenvalue weighted by atomic mass is 32.2. The highest BCUT2D eigenvalue weighted by molar-refractivity contribution is 8.15. The number of thioether (sulfide) groups is 1. The summed E-state index contributed by atoms with van der Waals surface area (Å²) in [7, 11) is 1.61. The van der Waals surface area contributed by atoms with Crippen LogP contribution in [-0.2, 0) is 16.1 Å². The number of nitrogens with one attached hydrogen (secondary N) is 1. The molecular weight excluding hydrogens is 510 g/mol. The van der Waals surface area contributed by atoms with E-state index < -0.39 is 5.25 Å². The number of anilines is 1. The lowest BCUT2D eigenvalue weighted by Gasteiger charge is -2.32. The third-order valence-electron chi connectivity index (χ3n) is 6.30. The molecule has 0 spiro atoms. The number of aliphatic imine (C=N–C) groups is 1. The maximum atomic E-state index is 13.3. The van der Waals surface area contributed by atoms with Crippen molar-refractivity contribution >= 4 is 40.1 Å². The summed E-state index contributed by atoms with van der Waals surface area (Å²) in [5.41, 5.74) is 2.33. The Labute approximate surface area is 234 Å². The van der Waals surface area contributed by atoms with Crippen LogP contribution < -0.4 is 14.8 Å². The van der Waals surface area contributed by atoms with Gasteiger partial charge < -0.3 is 14.8 Å². The van der Waals surface area contributed by atoms with Gasteiger partial charge in [-0.3, -0.25) is 14.5 Å². The van der Waals surface area contributed by atoms with E-state index in [1.165, 1.54) is 24.6 Å². The minimum absolute atomic E-state index is 0.0872. The zero-order valence-electron chi connectivity index (χ0n) is 22.5. The van der Waals surface area contributed by atoms with E-state index in [4.69, 9.17) is 14.5 Å². The SMILES string of the molecule is CCCCCCOc1ccc(NC(=O)C2CC(=O)N(Cc3ccccc3)C(=Nc3ccc(OC)cc3)S2)cc1. The van der Waals surface area contributed by atoms with Crippen LogP contribution in [0, 0.1) is 0 Å². The van der Waals surface area contributed by atoms with Crippen LogP contribution in [0.2, 0.25) is 0 Å². The molecule has 1 atom stereocenters. The van der Waals surface area contributed by atoms with Crippen LogP contribution in [-0.4, -0.2) is 40.8 Å². The van der Waals surface area contributed by atoms with Gasteiger partial charge in [-0.15, -0.1) is 0 Å². The van der Waals surface area contributed by atoms with Crippen LogP contribution in [0.5, 0.6) is 11.5 Å². The minimum atomic E-state index is -0.601. The highest BCUT2D eigenvalue weighted by Crippen LogP contribution is 2.31. The number of carbonyl (C=O) groups excluding carboxylic acids is 2. The summed E-state index contributed by atoms with van der Waals surface area (Å²) in [6, 6.07) is 24.4. The third-order valence-corrected chi connectivity index (χ3v) is 7.49. The second-order valence-corrected chi connectivity index (χ2v) is 10.5. The number of nitrogens with zero attached hydrogens (tertiary/aromatic N) is 2. The van der Waals surface area contributed by atoms with Crippen molar-refractivity contribution in [1.29, 1.82) is 0 Å². The molecular formula is C31H35N3O4S. The number of carbonyl (C=O) groups is 2.